The van der Waals surface area contributed by atoms with E-state index in [1.54, 1.807) is 0 Å². The van der Waals surface area contributed by atoms with Gasteiger partial charge in [0, 0.05) is 68.1 Å². The molecule has 31 heavy (non-hydrogen) atoms. The van der Waals surface area contributed by atoms with Crippen LogP contribution in [0.5, 0.6) is 0 Å². The molecule has 3 heterocycles. The number of aromatic nitrogens is 2. The predicted molar refractivity (Wildman–Crippen MR) is 125 cm³/mol. The Kier molecular flexibility index (Phi) is 7.27. The molecule has 0 radical (unpaired) electrons. The maximum absolute atomic E-state index is 12.5. The Labute approximate surface area is 188 Å². The highest BCUT2D eigenvalue weighted by Crippen LogP contribution is 2.33. The molecule has 1 aromatic rings. The molecular formula is C25H41N5O. The Morgan fingerprint density at radius 3 is 2.29 bits per heavy atom. The van der Waals surface area contributed by atoms with Crippen molar-refractivity contribution >= 4 is 11.7 Å². The van der Waals surface area contributed by atoms with Crippen molar-refractivity contribution < 1.29 is 4.79 Å². The first-order valence-corrected chi connectivity index (χ1v) is 12.4. The first-order valence-electron chi connectivity index (χ1n) is 12.4. The fourth-order valence-electron chi connectivity index (χ4n) is 6.05. The van der Waals surface area contributed by atoms with Crippen LogP contribution in [0.4, 0.5) is 5.95 Å². The number of carbonyl (C=O) groups is 1. The van der Waals surface area contributed by atoms with Gasteiger partial charge in [-0.3, -0.25) is 4.79 Å². The van der Waals surface area contributed by atoms with Gasteiger partial charge in [-0.15, -0.1) is 0 Å². The lowest BCUT2D eigenvalue weighted by Crippen LogP contribution is -2.53. The zero-order chi connectivity index (χ0) is 22.0. The number of Topliss-reactive ketones (excluding diaryl/α,β-unsaturated/α-hetero) is 1. The van der Waals surface area contributed by atoms with Crippen LogP contribution < -0.4 is 4.90 Å². The van der Waals surface area contributed by atoms with E-state index < -0.39 is 0 Å². The van der Waals surface area contributed by atoms with Gasteiger partial charge in [-0.2, -0.15) is 0 Å². The van der Waals surface area contributed by atoms with Crippen molar-refractivity contribution in [1.29, 1.82) is 0 Å². The summed E-state index contributed by atoms with van der Waals surface area (Å²) in [5, 5.41) is 0. The van der Waals surface area contributed by atoms with Gasteiger partial charge < -0.3 is 14.7 Å². The van der Waals surface area contributed by atoms with Crippen molar-refractivity contribution in [3.8, 4) is 0 Å². The monoisotopic (exact) mass is 427 g/mol. The number of anilines is 1. The van der Waals surface area contributed by atoms with Gasteiger partial charge in [0.1, 0.15) is 5.78 Å². The quantitative estimate of drug-likeness (QED) is 0.632. The van der Waals surface area contributed by atoms with Crippen molar-refractivity contribution in [2.45, 2.75) is 77.4 Å². The van der Waals surface area contributed by atoms with Crippen LogP contribution in [0.25, 0.3) is 0 Å². The molecule has 6 heteroatoms. The summed E-state index contributed by atoms with van der Waals surface area (Å²) in [5.74, 6) is 2.65. The summed E-state index contributed by atoms with van der Waals surface area (Å²) in [6.45, 7) is 8.43. The summed E-state index contributed by atoms with van der Waals surface area (Å²) in [6.07, 6.45) is 12.1. The number of carbonyl (C=O) groups excluding carboxylic acids is 1. The van der Waals surface area contributed by atoms with Crippen LogP contribution in [-0.2, 0) is 11.3 Å². The Bertz CT molecular complexity index is 716. The van der Waals surface area contributed by atoms with Gasteiger partial charge in [-0.1, -0.05) is 13.8 Å². The van der Waals surface area contributed by atoms with E-state index in [2.05, 4.69) is 42.6 Å². The minimum Gasteiger partial charge on any atom is -0.332 e. The second kappa shape index (κ2) is 9.95. The lowest BCUT2D eigenvalue weighted by atomic mass is 9.77. The van der Waals surface area contributed by atoms with Crippen LogP contribution in [0.1, 0.15) is 64.4 Å². The number of hydrogen-bond donors (Lipinski definition) is 0. The Morgan fingerprint density at radius 2 is 1.71 bits per heavy atom. The molecule has 1 aromatic heterocycles. The number of rotatable bonds is 8. The summed E-state index contributed by atoms with van der Waals surface area (Å²) in [4.78, 5) is 29.3. The average molecular weight is 428 g/mol. The maximum atomic E-state index is 12.5. The summed E-state index contributed by atoms with van der Waals surface area (Å²) in [6, 6.07) is 1.14. The van der Waals surface area contributed by atoms with E-state index in [1.165, 1.54) is 31.2 Å². The van der Waals surface area contributed by atoms with Crippen LogP contribution in [0.15, 0.2) is 12.4 Å². The van der Waals surface area contributed by atoms with Crippen molar-refractivity contribution in [3.05, 3.63) is 18.0 Å². The van der Waals surface area contributed by atoms with E-state index in [9.17, 15) is 4.79 Å². The molecule has 6 nitrogen and oxygen atoms in total. The topological polar surface area (TPSA) is 52.6 Å². The smallest absolute Gasteiger partial charge is 0.225 e. The lowest BCUT2D eigenvalue weighted by Gasteiger charge is -2.39. The van der Waals surface area contributed by atoms with E-state index in [0.717, 1.165) is 51.4 Å². The summed E-state index contributed by atoms with van der Waals surface area (Å²) >= 11 is 0. The van der Waals surface area contributed by atoms with Crippen LogP contribution in [0.3, 0.4) is 0 Å². The molecule has 2 aliphatic heterocycles. The minimum atomic E-state index is 0.230. The number of likely N-dealkylation sites (tertiary alicyclic amines) is 1. The highest BCUT2D eigenvalue weighted by molar-refractivity contribution is 5.83. The molecular weight excluding hydrogens is 386 g/mol. The highest BCUT2D eigenvalue weighted by Gasteiger charge is 2.40. The molecule has 2 bridgehead atoms. The highest BCUT2D eigenvalue weighted by atomic mass is 16.1. The second-order valence-electron chi connectivity index (χ2n) is 10.5. The lowest BCUT2D eigenvalue weighted by molar-refractivity contribution is -0.127. The summed E-state index contributed by atoms with van der Waals surface area (Å²) in [7, 11) is 4.42. The summed E-state index contributed by atoms with van der Waals surface area (Å²) in [5.41, 5.74) is 1.19. The molecule has 0 N–H and O–H groups in total. The third-order valence-electron chi connectivity index (χ3n) is 7.96. The molecule has 1 saturated carbocycles. The fourth-order valence-corrected chi connectivity index (χ4v) is 6.05. The van der Waals surface area contributed by atoms with E-state index in [1.807, 2.05) is 12.4 Å². The molecule has 3 atom stereocenters. The van der Waals surface area contributed by atoms with Gasteiger partial charge >= 0.3 is 0 Å². The molecule has 4 rings (SSSR count). The molecule has 1 aliphatic carbocycles. The van der Waals surface area contributed by atoms with Gasteiger partial charge in [0.2, 0.25) is 5.95 Å². The van der Waals surface area contributed by atoms with Crippen molar-refractivity contribution in [2.24, 2.45) is 17.8 Å². The third kappa shape index (κ3) is 5.28. The number of ketones is 1. The molecule has 0 amide bonds. The van der Waals surface area contributed by atoms with Crippen LogP contribution in [-0.4, -0.2) is 71.4 Å². The van der Waals surface area contributed by atoms with Crippen LogP contribution in [0.2, 0.25) is 0 Å². The van der Waals surface area contributed by atoms with Crippen molar-refractivity contribution in [3.63, 3.8) is 0 Å². The van der Waals surface area contributed by atoms with E-state index in [0.29, 0.717) is 29.7 Å². The van der Waals surface area contributed by atoms with Crippen molar-refractivity contribution in [1.82, 2.24) is 19.8 Å². The first kappa shape index (κ1) is 22.7. The zero-order valence-electron chi connectivity index (χ0n) is 20.0. The fraction of sp³-hybridized carbons (Fsp3) is 0.800. The van der Waals surface area contributed by atoms with E-state index >= 15 is 0 Å². The molecule has 0 aromatic carbocycles. The number of piperazine rings is 1. The molecule has 2 saturated heterocycles. The SMILES string of the molecule is CCC(C)C(=O)[C@H]1CC[C@@H](CN(C)Cc2cnc(N3C4CCC3CN(C)C4)nc2)CC1. The predicted octanol–water partition coefficient (Wildman–Crippen LogP) is 3.61. The standard InChI is InChI=1S/C25H41N5O/c1-5-18(2)24(31)21-8-6-19(7-9-21)14-28(3)15-20-12-26-25(27-13-20)30-22-10-11-23(30)17-29(4)16-22/h12-13,18-19,21-23H,5-11,14-17H2,1-4H3/t18?,19-,21+,22?,23?. The zero-order valence-corrected chi connectivity index (χ0v) is 20.0. The first-order chi connectivity index (χ1) is 14.9. The average Bonchev–Trinajstić information content (AvgIpc) is 3.04. The Morgan fingerprint density at radius 1 is 1.10 bits per heavy atom. The van der Waals surface area contributed by atoms with E-state index in [4.69, 9.17) is 9.97 Å². The van der Waals surface area contributed by atoms with Crippen LogP contribution in [0, 0.1) is 17.8 Å². The summed E-state index contributed by atoms with van der Waals surface area (Å²) < 4.78 is 0. The number of fused-ring (bicyclic) bond motifs is 2. The maximum Gasteiger partial charge on any atom is 0.225 e. The van der Waals surface area contributed by atoms with Crippen molar-refractivity contribution in [2.75, 3.05) is 38.6 Å². The van der Waals surface area contributed by atoms with Gasteiger partial charge in [0.15, 0.2) is 0 Å². The third-order valence-corrected chi connectivity index (χ3v) is 7.96. The minimum absolute atomic E-state index is 0.230. The molecule has 3 unspecified atom stereocenters. The molecule has 172 valence electrons. The van der Waals surface area contributed by atoms with E-state index in [-0.39, 0.29) is 5.92 Å². The Hall–Kier alpha value is -1.53. The second-order valence-corrected chi connectivity index (χ2v) is 10.5. The van der Waals surface area contributed by atoms with Gasteiger partial charge in [-0.25, -0.2) is 9.97 Å². The normalized spacial score (nSPS) is 30.0. The largest absolute Gasteiger partial charge is 0.332 e. The molecule has 0 spiro atoms. The molecule has 3 fully saturated rings. The number of nitrogens with zero attached hydrogens (tertiary/aromatic N) is 5. The van der Waals surface area contributed by atoms with Gasteiger partial charge in [0.25, 0.3) is 0 Å². The number of hydrogen-bond acceptors (Lipinski definition) is 6. The van der Waals surface area contributed by atoms with Crippen LogP contribution >= 0.6 is 0 Å². The van der Waals surface area contributed by atoms with Gasteiger partial charge in [-0.05, 0) is 65.0 Å². The Balaban J connectivity index is 1.24. The number of likely N-dealkylation sites (N-methyl/N-ethyl adjacent to an activating group) is 1. The van der Waals surface area contributed by atoms with Gasteiger partial charge in [0.05, 0.1) is 0 Å². The molecule has 3 aliphatic rings.